The van der Waals surface area contributed by atoms with Crippen LogP contribution in [-0.2, 0) is 11.3 Å². The molecule has 1 saturated heterocycles. The lowest BCUT2D eigenvalue weighted by molar-refractivity contribution is -0.135. The highest BCUT2D eigenvalue weighted by molar-refractivity contribution is 7.14. The van der Waals surface area contributed by atoms with Gasteiger partial charge in [-0.25, -0.2) is 4.98 Å². The lowest BCUT2D eigenvalue weighted by atomic mass is 10.3. The summed E-state index contributed by atoms with van der Waals surface area (Å²) in [5.74, 6) is 1.46. The Balaban J connectivity index is 1.22. The Morgan fingerprint density at radius 3 is 2.52 bits per heavy atom. The molecule has 0 N–H and O–H groups in total. The normalized spacial score (nSPS) is 14.7. The van der Waals surface area contributed by atoms with Crippen LogP contribution in [-0.4, -0.2) is 60.6 Å². The molecule has 152 valence electrons. The van der Waals surface area contributed by atoms with E-state index < -0.39 is 0 Å². The molecule has 8 heteroatoms. The summed E-state index contributed by atoms with van der Waals surface area (Å²) < 4.78 is 10.7. The van der Waals surface area contributed by atoms with Crippen molar-refractivity contribution in [2.24, 2.45) is 0 Å². The van der Waals surface area contributed by atoms with Gasteiger partial charge in [-0.2, -0.15) is 0 Å². The molecule has 1 aliphatic rings. The van der Waals surface area contributed by atoms with E-state index in [1.54, 1.807) is 29.8 Å². The fourth-order valence-corrected chi connectivity index (χ4v) is 4.77. The fourth-order valence-electron chi connectivity index (χ4n) is 3.18. The predicted molar refractivity (Wildman–Crippen MR) is 116 cm³/mol. The summed E-state index contributed by atoms with van der Waals surface area (Å²) in [6, 6.07) is 11.4. The molecule has 0 atom stereocenters. The number of carbonyl (C=O) groups excluding carboxylic acids is 1. The lowest BCUT2D eigenvalue weighted by Gasteiger charge is -2.34. The number of thiazole rings is 1. The third-order valence-corrected chi connectivity index (χ3v) is 6.56. The van der Waals surface area contributed by atoms with Crippen molar-refractivity contribution in [1.82, 2.24) is 14.8 Å². The van der Waals surface area contributed by atoms with Crippen LogP contribution in [0.4, 0.5) is 0 Å². The van der Waals surface area contributed by atoms with E-state index in [0.29, 0.717) is 18.8 Å². The molecule has 3 aromatic rings. The van der Waals surface area contributed by atoms with Gasteiger partial charge in [0, 0.05) is 31.6 Å². The van der Waals surface area contributed by atoms with Crippen molar-refractivity contribution in [1.29, 1.82) is 0 Å². The van der Waals surface area contributed by atoms with Crippen LogP contribution >= 0.6 is 22.7 Å². The van der Waals surface area contributed by atoms with Crippen LogP contribution in [0.2, 0.25) is 0 Å². The van der Waals surface area contributed by atoms with Crippen LogP contribution in [0.5, 0.6) is 11.5 Å². The molecule has 0 bridgehead atoms. The van der Waals surface area contributed by atoms with Gasteiger partial charge >= 0.3 is 0 Å². The number of hydrogen-bond acceptors (Lipinski definition) is 7. The Bertz CT molecular complexity index is 917. The Morgan fingerprint density at radius 1 is 1.07 bits per heavy atom. The summed E-state index contributed by atoms with van der Waals surface area (Å²) in [4.78, 5) is 22.6. The van der Waals surface area contributed by atoms with Crippen LogP contribution < -0.4 is 9.47 Å². The number of benzene rings is 1. The lowest BCUT2D eigenvalue weighted by Crippen LogP contribution is -2.49. The molecule has 4 rings (SSSR count). The van der Waals surface area contributed by atoms with E-state index in [-0.39, 0.29) is 12.5 Å². The van der Waals surface area contributed by atoms with Gasteiger partial charge in [0.2, 0.25) is 0 Å². The number of methoxy groups -OCH3 is 1. The Hall–Kier alpha value is -2.42. The Kier molecular flexibility index (Phi) is 6.43. The smallest absolute Gasteiger partial charge is 0.260 e. The van der Waals surface area contributed by atoms with Crippen molar-refractivity contribution in [3.63, 3.8) is 0 Å². The minimum Gasteiger partial charge on any atom is -0.497 e. The molecule has 1 aromatic carbocycles. The maximum absolute atomic E-state index is 12.4. The second-order valence-corrected chi connectivity index (χ2v) is 8.62. The summed E-state index contributed by atoms with van der Waals surface area (Å²) >= 11 is 3.41. The molecular weight excluding hydrogens is 406 g/mol. The average molecular weight is 430 g/mol. The van der Waals surface area contributed by atoms with Crippen molar-refractivity contribution in [2.75, 3.05) is 39.9 Å². The van der Waals surface area contributed by atoms with Gasteiger partial charge < -0.3 is 14.4 Å². The average Bonchev–Trinajstić information content (AvgIpc) is 3.45. The van der Waals surface area contributed by atoms with Gasteiger partial charge in [-0.05, 0) is 35.7 Å². The number of thiophene rings is 1. The largest absolute Gasteiger partial charge is 0.497 e. The molecule has 3 heterocycles. The van der Waals surface area contributed by atoms with Crippen LogP contribution in [0.15, 0.2) is 47.2 Å². The van der Waals surface area contributed by atoms with Gasteiger partial charge in [0.05, 0.1) is 24.2 Å². The van der Waals surface area contributed by atoms with Gasteiger partial charge in [0.15, 0.2) is 6.61 Å². The number of ether oxygens (including phenoxy) is 2. The second kappa shape index (κ2) is 9.39. The molecule has 1 fully saturated rings. The highest BCUT2D eigenvalue weighted by atomic mass is 32.1. The number of hydrogen-bond donors (Lipinski definition) is 0. The van der Waals surface area contributed by atoms with Crippen LogP contribution in [0.1, 0.15) is 5.01 Å². The predicted octanol–water partition coefficient (Wildman–Crippen LogP) is 3.60. The highest BCUT2D eigenvalue weighted by Gasteiger charge is 2.22. The van der Waals surface area contributed by atoms with E-state index in [0.717, 1.165) is 36.1 Å². The molecular formula is C21H23N3O3S2. The molecule has 1 amide bonds. The van der Waals surface area contributed by atoms with E-state index >= 15 is 0 Å². The van der Waals surface area contributed by atoms with E-state index in [2.05, 4.69) is 21.7 Å². The van der Waals surface area contributed by atoms with Crippen LogP contribution in [0.3, 0.4) is 0 Å². The molecule has 0 aliphatic carbocycles. The van der Waals surface area contributed by atoms with E-state index in [1.807, 2.05) is 35.2 Å². The first-order valence-corrected chi connectivity index (χ1v) is 11.2. The van der Waals surface area contributed by atoms with Gasteiger partial charge in [-0.15, -0.1) is 22.7 Å². The van der Waals surface area contributed by atoms with Crippen molar-refractivity contribution < 1.29 is 14.3 Å². The monoisotopic (exact) mass is 429 g/mol. The third kappa shape index (κ3) is 5.14. The quantitative estimate of drug-likeness (QED) is 0.574. The molecule has 29 heavy (non-hydrogen) atoms. The van der Waals surface area contributed by atoms with Crippen molar-refractivity contribution in [3.05, 3.63) is 52.2 Å². The minimum absolute atomic E-state index is 0.0229. The van der Waals surface area contributed by atoms with Crippen molar-refractivity contribution in [3.8, 4) is 22.1 Å². The SMILES string of the molecule is COc1ccc(OCC(=O)N2CCN(Cc3nc(-c4cccs4)cs3)CC2)cc1. The number of rotatable bonds is 7. The minimum atomic E-state index is 0.0229. The van der Waals surface area contributed by atoms with Crippen molar-refractivity contribution >= 4 is 28.6 Å². The number of nitrogens with zero attached hydrogens (tertiary/aromatic N) is 3. The van der Waals surface area contributed by atoms with Gasteiger partial charge in [0.1, 0.15) is 16.5 Å². The van der Waals surface area contributed by atoms with Crippen molar-refractivity contribution in [2.45, 2.75) is 6.54 Å². The van der Waals surface area contributed by atoms with E-state index in [1.165, 1.54) is 4.88 Å². The zero-order valence-corrected chi connectivity index (χ0v) is 17.9. The van der Waals surface area contributed by atoms with Crippen LogP contribution in [0.25, 0.3) is 10.6 Å². The zero-order valence-electron chi connectivity index (χ0n) is 16.2. The van der Waals surface area contributed by atoms with Gasteiger partial charge in [0.25, 0.3) is 5.91 Å². The summed E-state index contributed by atoms with van der Waals surface area (Å²) in [6.07, 6.45) is 0. The summed E-state index contributed by atoms with van der Waals surface area (Å²) in [7, 11) is 1.62. The fraction of sp³-hybridized carbons (Fsp3) is 0.333. The molecule has 6 nitrogen and oxygen atoms in total. The standard InChI is InChI=1S/C21H23N3O3S2/c1-26-16-4-6-17(7-5-16)27-14-21(25)24-10-8-23(9-11-24)13-20-22-18(15-29-20)19-3-2-12-28-19/h2-7,12,15H,8-11,13-14H2,1H3. The Labute approximate surface area is 178 Å². The number of aromatic nitrogens is 1. The molecule has 0 saturated carbocycles. The van der Waals surface area contributed by atoms with Crippen LogP contribution in [0, 0.1) is 0 Å². The first-order valence-electron chi connectivity index (χ1n) is 9.46. The Morgan fingerprint density at radius 2 is 1.83 bits per heavy atom. The zero-order chi connectivity index (χ0) is 20.1. The summed E-state index contributed by atoms with van der Waals surface area (Å²) in [6.45, 7) is 4.02. The highest BCUT2D eigenvalue weighted by Crippen LogP contribution is 2.26. The first kappa shape index (κ1) is 19.9. The molecule has 2 aromatic heterocycles. The summed E-state index contributed by atoms with van der Waals surface area (Å²) in [5.41, 5.74) is 1.06. The third-order valence-electron chi connectivity index (χ3n) is 4.83. The van der Waals surface area contributed by atoms with Gasteiger partial charge in [-0.3, -0.25) is 9.69 Å². The van der Waals surface area contributed by atoms with E-state index in [4.69, 9.17) is 14.5 Å². The summed E-state index contributed by atoms with van der Waals surface area (Å²) in [5, 5.41) is 5.32. The molecule has 0 radical (unpaired) electrons. The molecule has 1 aliphatic heterocycles. The number of carbonyl (C=O) groups is 1. The second-order valence-electron chi connectivity index (χ2n) is 6.72. The first-order chi connectivity index (χ1) is 14.2. The maximum atomic E-state index is 12.4. The number of amides is 1. The topological polar surface area (TPSA) is 54.9 Å². The number of piperazine rings is 1. The van der Waals surface area contributed by atoms with E-state index in [9.17, 15) is 4.79 Å². The van der Waals surface area contributed by atoms with Gasteiger partial charge in [-0.1, -0.05) is 6.07 Å². The molecule has 0 spiro atoms. The maximum Gasteiger partial charge on any atom is 0.260 e. The molecule has 0 unspecified atom stereocenters.